The van der Waals surface area contributed by atoms with Gasteiger partial charge in [-0.25, -0.2) is 4.79 Å². The lowest BCUT2D eigenvalue weighted by molar-refractivity contribution is -0.449. The van der Waals surface area contributed by atoms with Crippen LogP contribution in [0.2, 0.25) is 0 Å². The smallest absolute Gasteiger partial charge is 0.331 e. The lowest BCUT2D eigenvalue weighted by Gasteiger charge is -2.66. The third-order valence-electron chi connectivity index (χ3n) is 12.6. The summed E-state index contributed by atoms with van der Waals surface area (Å²) >= 11 is 1.33. The molecule has 4 aliphatic heterocycles. The highest BCUT2D eigenvalue weighted by Gasteiger charge is 2.73. The zero-order valence-electron chi connectivity index (χ0n) is 23.8. The molecule has 11 nitrogen and oxygen atoms in total. The number of carbonyl (C=O) groups is 2. The normalized spacial score (nSPS) is 56.5. The number of amides is 1. The summed E-state index contributed by atoms with van der Waals surface area (Å²) in [6.45, 7) is 1.96. The molecule has 42 heavy (non-hydrogen) atoms. The van der Waals surface area contributed by atoms with E-state index >= 15 is 0 Å². The fourth-order valence-electron chi connectivity index (χ4n) is 10.8. The minimum atomic E-state index is -1.90. The highest BCUT2D eigenvalue weighted by atomic mass is 32.2. The molecule has 5 N–H and O–H groups in total. The minimum absolute atomic E-state index is 0.0604. The molecule has 2 unspecified atom stereocenters. The summed E-state index contributed by atoms with van der Waals surface area (Å²) in [6, 6.07) is 0. The summed E-state index contributed by atoms with van der Waals surface area (Å²) in [5, 5.41) is 50.7. The highest BCUT2D eigenvalue weighted by Crippen LogP contribution is 2.68. The monoisotopic (exact) mass is 607 g/mol. The van der Waals surface area contributed by atoms with E-state index in [9.17, 15) is 30.0 Å². The number of cyclic esters (lactones) is 1. The molecule has 0 aromatic rings. The van der Waals surface area contributed by atoms with Crippen molar-refractivity contribution in [2.45, 2.75) is 111 Å². The molecular weight excluding hydrogens is 566 g/mol. The predicted octanol–water partition coefficient (Wildman–Crippen LogP) is 0.717. The Morgan fingerprint density at radius 2 is 1.81 bits per heavy atom. The molecule has 13 atom stereocenters. The van der Waals surface area contributed by atoms with E-state index in [0.29, 0.717) is 44.9 Å². The summed E-state index contributed by atoms with van der Waals surface area (Å²) < 4.78 is 24.3. The van der Waals surface area contributed by atoms with Gasteiger partial charge >= 0.3 is 5.97 Å². The van der Waals surface area contributed by atoms with Gasteiger partial charge in [-0.05, 0) is 81.6 Å². The van der Waals surface area contributed by atoms with E-state index in [4.69, 9.17) is 18.9 Å². The van der Waals surface area contributed by atoms with E-state index in [1.54, 1.807) is 0 Å². The van der Waals surface area contributed by atoms with Gasteiger partial charge in [-0.15, -0.1) is 11.8 Å². The fourth-order valence-corrected chi connectivity index (χ4v) is 12.2. The van der Waals surface area contributed by atoms with Crippen LogP contribution in [0.1, 0.15) is 64.7 Å². The molecule has 0 aromatic carbocycles. The van der Waals surface area contributed by atoms with E-state index in [-0.39, 0.29) is 60.8 Å². The summed E-state index contributed by atoms with van der Waals surface area (Å²) in [5.74, 6) is -2.75. The second-order valence-electron chi connectivity index (χ2n) is 14.3. The van der Waals surface area contributed by atoms with Crippen molar-refractivity contribution in [2.75, 3.05) is 19.0 Å². The van der Waals surface area contributed by atoms with Crippen LogP contribution in [0.3, 0.4) is 0 Å². The van der Waals surface area contributed by atoms with Crippen LogP contribution in [-0.2, 0) is 28.5 Å². The second kappa shape index (κ2) is 9.15. The number of aliphatic hydroxyl groups excluding tert-OH is 1. The average Bonchev–Trinajstić information content (AvgIpc) is 3.62. The molecule has 1 amide bonds. The van der Waals surface area contributed by atoms with Crippen LogP contribution in [0, 0.1) is 29.1 Å². The Kier molecular flexibility index (Phi) is 6.15. The first-order valence-corrected chi connectivity index (χ1v) is 16.5. The van der Waals surface area contributed by atoms with Crippen LogP contribution in [0.25, 0.3) is 0 Å². The van der Waals surface area contributed by atoms with Gasteiger partial charge in [0, 0.05) is 30.4 Å². The SMILES string of the molecule is C[C@@H]1CC2(NC(=O)CS2)[C@]2(O)O[C@@H]3C[C@]4(CO)C5CC[C@]6(O)[C@@H](C7=CC(=O)OC7)CC[C@]6(O)[C@@H]5CC[C@H]4C[C@H]3O[C@@H]2O1. The number of rotatable bonds is 2. The highest BCUT2D eigenvalue weighted by molar-refractivity contribution is 8.01. The number of hydrogen-bond donors (Lipinski definition) is 5. The van der Waals surface area contributed by atoms with Crippen molar-refractivity contribution in [1.82, 2.24) is 5.32 Å². The Hall–Kier alpha value is -1.25. The molecule has 8 rings (SSSR count). The van der Waals surface area contributed by atoms with E-state index in [1.807, 2.05) is 6.92 Å². The van der Waals surface area contributed by atoms with Crippen molar-refractivity contribution in [3.63, 3.8) is 0 Å². The van der Waals surface area contributed by atoms with Gasteiger partial charge in [-0.3, -0.25) is 4.79 Å². The van der Waals surface area contributed by atoms with E-state index in [1.165, 1.54) is 17.8 Å². The fraction of sp³-hybridized carbons (Fsp3) is 0.867. The third kappa shape index (κ3) is 3.49. The number of ether oxygens (including phenoxy) is 4. The van der Waals surface area contributed by atoms with E-state index in [0.717, 1.165) is 18.4 Å². The molecular formula is C30H41NO10S. The maximum Gasteiger partial charge on any atom is 0.331 e. The van der Waals surface area contributed by atoms with Gasteiger partial charge in [0.1, 0.15) is 17.1 Å². The van der Waals surface area contributed by atoms with E-state index in [2.05, 4.69) is 5.32 Å². The van der Waals surface area contributed by atoms with Crippen LogP contribution in [0.5, 0.6) is 0 Å². The van der Waals surface area contributed by atoms with Crippen molar-refractivity contribution >= 4 is 23.6 Å². The molecule has 7 fully saturated rings. The van der Waals surface area contributed by atoms with Crippen molar-refractivity contribution in [3.05, 3.63) is 11.6 Å². The summed E-state index contributed by atoms with van der Waals surface area (Å²) in [6.07, 6.45) is 4.21. The Morgan fingerprint density at radius 3 is 2.52 bits per heavy atom. The van der Waals surface area contributed by atoms with Crippen LogP contribution < -0.4 is 5.32 Å². The summed E-state index contributed by atoms with van der Waals surface area (Å²) in [7, 11) is 0. The molecule has 0 radical (unpaired) electrons. The minimum Gasteiger partial charge on any atom is -0.458 e. The molecule has 1 spiro atoms. The Morgan fingerprint density at radius 1 is 1.00 bits per heavy atom. The molecule has 8 aliphatic rings. The van der Waals surface area contributed by atoms with Crippen molar-refractivity contribution in [3.8, 4) is 0 Å². The molecule has 4 aliphatic carbocycles. The van der Waals surface area contributed by atoms with Crippen molar-refractivity contribution in [1.29, 1.82) is 0 Å². The van der Waals surface area contributed by atoms with Crippen LogP contribution in [-0.4, -0.2) is 97.7 Å². The lowest BCUT2D eigenvalue weighted by Crippen LogP contribution is -2.76. The van der Waals surface area contributed by atoms with Gasteiger partial charge in [-0.2, -0.15) is 0 Å². The zero-order valence-corrected chi connectivity index (χ0v) is 24.6. The van der Waals surface area contributed by atoms with Gasteiger partial charge in [0.15, 0.2) is 0 Å². The van der Waals surface area contributed by atoms with Crippen molar-refractivity contribution in [2.24, 2.45) is 29.1 Å². The Balaban J connectivity index is 1.10. The second-order valence-corrected chi connectivity index (χ2v) is 15.6. The maximum atomic E-state index is 12.4. The van der Waals surface area contributed by atoms with Crippen molar-refractivity contribution < 1.29 is 49.0 Å². The first-order valence-electron chi connectivity index (χ1n) is 15.6. The first-order chi connectivity index (χ1) is 20.0. The number of aliphatic hydroxyl groups is 4. The summed E-state index contributed by atoms with van der Waals surface area (Å²) in [5.41, 5.74) is -2.53. The lowest BCUT2D eigenvalue weighted by atomic mass is 9.44. The number of hydrogen-bond acceptors (Lipinski definition) is 11. The predicted molar refractivity (Wildman–Crippen MR) is 146 cm³/mol. The van der Waals surface area contributed by atoms with Crippen LogP contribution >= 0.6 is 11.8 Å². The zero-order chi connectivity index (χ0) is 29.3. The first kappa shape index (κ1) is 28.2. The molecule has 4 saturated carbocycles. The number of thioether (sulfide) groups is 1. The van der Waals surface area contributed by atoms with Gasteiger partial charge in [0.25, 0.3) is 5.79 Å². The Labute approximate surface area is 248 Å². The van der Waals surface area contributed by atoms with Gasteiger partial charge in [0.05, 0.1) is 29.7 Å². The van der Waals surface area contributed by atoms with Gasteiger partial charge in [-0.1, -0.05) is 0 Å². The third-order valence-corrected chi connectivity index (χ3v) is 14.1. The topological polar surface area (TPSA) is 164 Å². The Bertz CT molecular complexity index is 1230. The average molecular weight is 608 g/mol. The summed E-state index contributed by atoms with van der Waals surface area (Å²) in [4.78, 5) is 23.1. The largest absolute Gasteiger partial charge is 0.458 e. The number of nitrogens with one attached hydrogen (secondary N) is 1. The molecule has 4 heterocycles. The van der Waals surface area contributed by atoms with Gasteiger partial charge in [0.2, 0.25) is 12.2 Å². The molecule has 12 heteroatoms. The molecule has 3 saturated heterocycles. The number of esters is 1. The van der Waals surface area contributed by atoms with Crippen LogP contribution in [0.15, 0.2) is 11.6 Å². The van der Waals surface area contributed by atoms with E-state index < -0.39 is 45.6 Å². The number of fused-ring (bicyclic) bond motifs is 8. The molecule has 232 valence electrons. The maximum absolute atomic E-state index is 12.4. The quantitative estimate of drug-likeness (QED) is 0.222. The molecule has 0 bridgehead atoms. The number of carbonyl (C=O) groups excluding carboxylic acids is 2. The van der Waals surface area contributed by atoms with Gasteiger partial charge < -0.3 is 44.7 Å². The molecule has 0 aromatic heterocycles. The standard InChI is InChI=1S/C30H41NO10S/c1-15-10-29(31-23(33)13-42-29)30(37)25(39-15)40-21-9-17-2-3-20-19(26(17,14-32)11-22(21)41-30)5-7-27(35)18(4-6-28(20,27)36)16-8-24(34)38-12-16/h8,15,17-22,25,32,35-37H,2-7,9-14H2,1H3,(H,31,33)/t15-,17+,18-,19?,20-,21-,22-,25+,26-,27+,28+,29?,30-/m1/s1. The van der Waals surface area contributed by atoms with Crippen LogP contribution in [0.4, 0.5) is 0 Å².